The standard InChI is InChI=1S/C13H18F2N2O3S/c1-10(18)9-16-4-6-17(7-5-16)21(19,20)13-8-11(14)2-3-12(13)15/h2-3,8,10,18H,4-7,9H2,1H3. The number of piperazine rings is 1. The lowest BCUT2D eigenvalue weighted by atomic mass is 10.3. The second kappa shape index (κ2) is 6.35. The zero-order chi connectivity index (χ0) is 15.6. The Morgan fingerprint density at radius 2 is 1.86 bits per heavy atom. The molecule has 118 valence electrons. The number of aliphatic hydroxyl groups is 1. The zero-order valence-electron chi connectivity index (χ0n) is 11.7. The van der Waals surface area contributed by atoms with Crippen LogP contribution in [0.1, 0.15) is 6.92 Å². The van der Waals surface area contributed by atoms with Crippen molar-refractivity contribution in [2.75, 3.05) is 32.7 Å². The topological polar surface area (TPSA) is 60.9 Å². The van der Waals surface area contributed by atoms with Gasteiger partial charge in [-0.25, -0.2) is 17.2 Å². The molecule has 0 aliphatic carbocycles. The smallest absolute Gasteiger partial charge is 0.246 e. The minimum absolute atomic E-state index is 0.186. The molecule has 1 unspecified atom stereocenters. The van der Waals surface area contributed by atoms with Crippen LogP contribution in [0, 0.1) is 11.6 Å². The quantitative estimate of drug-likeness (QED) is 0.885. The Kier molecular flexibility index (Phi) is 4.92. The van der Waals surface area contributed by atoms with Gasteiger partial charge in [0.1, 0.15) is 16.5 Å². The lowest BCUT2D eigenvalue weighted by Crippen LogP contribution is -2.50. The van der Waals surface area contributed by atoms with Gasteiger partial charge in [-0.1, -0.05) is 0 Å². The second-order valence-electron chi connectivity index (χ2n) is 5.13. The van der Waals surface area contributed by atoms with Gasteiger partial charge in [-0.2, -0.15) is 4.31 Å². The van der Waals surface area contributed by atoms with Crippen molar-refractivity contribution in [1.82, 2.24) is 9.21 Å². The Hall–Kier alpha value is -1.09. The fourth-order valence-electron chi connectivity index (χ4n) is 2.34. The van der Waals surface area contributed by atoms with Gasteiger partial charge < -0.3 is 5.11 Å². The number of benzene rings is 1. The minimum Gasteiger partial charge on any atom is -0.392 e. The van der Waals surface area contributed by atoms with Crippen LogP contribution in [-0.2, 0) is 10.0 Å². The van der Waals surface area contributed by atoms with Gasteiger partial charge in [-0.3, -0.25) is 4.90 Å². The molecule has 0 amide bonds. The highest BCUT2D eigenvalue weighted by Gasteiger charge is 2.31. The van der Waals surface area contributed by atoms with E-state index >= 15 is 0 Å². The molecule has 0 spiro atoms. The minimum atomic E-state index is -4.04. The van der Waals surface area contributed by atoms with E-state index in [2.05, 4.69) is 0 Å². The molecule has 1 heterocycles. The third-order valence-electron chi connectivity index (χ3n) is 3.36. The number of β-amino-alcohol motifs (C(OH)–C–C–N with tert-alkyl or cyclic N) is 1. The molecule has 1 atom stereocenters. The SMILES string of the molecule is CC(O)CN1CCN(S(=O)(=O)c2cc(F)ccc2F)CC1. The summed E-state index contributed by atoms with van der Waals surface area (Å²) in [5.41, 5.74) is 0. The van der Waals surface area contributed by atoms with Crippen molar-refractivity contribution in [1.29, 1.82) is 0 Å². The molecule has 0 radical (unpaired) electrons. The largest absolute Gasteiger partial charge is 0.392 e. The van der Waals surface area contributed by atoms with Gasteiger partial charge in [-0.05, 0) is 25.1 Å². The van der Waals surface area contributed by atoms with Crippen LogP contribution in [0.15, 0.2) is 23.1 Å². The number of aliphatic hydroxyl groups excluding tert-OH is 1. The van der Waals surface area contributed by atoms with Gasteiger partial charge in [0.25, 0.3) is 0 Å². The van der Waals surface area contributed by atoms with E-state index in [1.165, 1.54) is 0 Å². The van der Waals surface area contributed by atoms with Crippen LogP contribution in [0.25, 0.3) is 0 Å². The third-order valence-corrected chi connectivity index (χ3v) is 5.28. The van der Waals surface area contributed by atoms with E-state index in [1.54, 1.807) is 6.92 Å². The molecule has 1 aromatic carbocycles. The van der Waals surface area contributed by atoms with E-state index < -0.39 is 32.7 Å². The first-order valence-electron chi connectivity index (χ1n) is 6.66. The molecule has 1 aliphatic rings. The fraction of sp³-hybridized carbons (Fsp3) is 0.538. The average molecular weight is 320 g/mol. The van der Waals surface area contributed by atoms with Gasteiger partial charge in [0.2, 0.25) is 10.0 Å². The molecule has 2 rings (SSSR count). The maximum Gasteiger partial charge on any atom is 0.246 e. The summed E-state index contributed by atoms with van der Waals surface area (Å²) in [6.45, 7) is 3.38. The molecule has 8 heteroatoms. The van der Waals surface area contributed by atoms with Crippen LogP contribution in [0.2, 0.25) is 0 Å². The summed E-state index contributed by atoms with van der Waals surface area (Å²) in [4.78, 5) is 1.30. The molecule has 5 nitrogen and oxygen atoms in total. The van der Waals surface area contributed by atoms with Crippen LogP contribution < -0.4 is 0 Å². The van der Waals surface area contributed by atoms with Crippen molar-refractivity contribution in [3.63, 3.8) is 0 Å². The molecule has 1 N–H and O–H groups in total. The Morgan fingerprint density at radius 1 is 1.24 bits per heavy atom. The maximum absolute atomic E-state index is 13.7. The van der Waals surface area contributed by atoms with E-state index in [0.717, 1.165) is 16.4 Å². The van der Waals surface area contributed by atoms with Gasteiger partial charge >= 0.3 is 0 Å². The van der Waals surface area contributed by atoms with E-state index in [4.69, 9.17) is 0 Å². The number of hydrogen-bond donors (Lipinski definition) is 1. The first-order valence-corrected chi connectivity index (χ1v) is 8.10. The second-order valence-corrected chi connectivity index (χ2v) is 7.03. The zero-order valence-corrected chi connectivity index (χ0v) is 12.5. The highest BCUT2D eigenvalue weighted by atomic mass is 32.2. The summed E-state index contributed by atoms with van der Waals surface area (Å²) in [7, 11) is -4.04. The lowest BCUT2D eigenvalue weighted by Gasteiger charge is -2.34. The van der Waals surface area contributed by atoms with Crippen LogP contribution in [0.5, 0.6) is 0 Å². The molecule has 1 aliphatic heterocycles. The average Bonchev–Trinajstić information content (AvgIpc) is 2.41. The predicted molar refractivity (Wildman–Crippen MR) is 73.2 cm³/mol. The maximum atomic E-state index is 13.7. The normalized spacial score (nSPS) is 19.6. The van der Waals surface area contributed by atoms with Crippen molar-refractivity contribution in [2.24, 2.45) is 0 Å². The summed E-state index contributed by atoms with van der Waals surface area (Å²) >= 11 is 0. The molecule has 21 heavy (non-hydrogen) atoms. The number of halogens is 2. The molecule has 1 aromatic rings. The first-order chi connectivity index (χ1) is 9.80. The molecular formula is C13H18F2N2O3S. The van der Waals surface area contributed by atoms with Crippen LogP contribution >= 0.6 is 0 Å². The predicted octanol–water partition coefficient (Wildman–Crippen LogP) is 0.652. The molecule has 0 aromatic heterocycles. The van der Waals surface area contributed by atoms with Crippen molar-refractivity contribution in [3.8, 4) is 0 Å². The first kappa shape index (κ1) is 16.3. The van der Waals surface area contributed by atoms with Crippen molar-refractivity contribution >= 4 is 10.0 Å². The lowest BCUT2D eigenvalue weighted by molar-refractivity contribution is 0.103. The molecule has 1 saturated heterocycles. The van der Waals surface area contributed by atoms with E-state index in [0.29, 0.717) is 25.7 Å². The van der Waals surface area contributed by atoms with Crippen LogP contribution in [-0.4, -0.2) is 61.6 Å². The van der Waals surface area contributed by atoms with Crippen LogP contribution in [0.4, 0.5) is 8.78 Å². The van der Waals surface area contributed by atoms with Gasteiger partial charge in [-0.15, -0.1) is 0 Å². The summed E-state index contributed by atoms with van der Waals surface area (Å²) in [6.07, 6.45) is -0.492. The number of nitrogens with zero attached hydrogens (tertiary/aromatic N) is 2. The molecule has 0 saturated carbocycles. The Bertz CT molecular complexity index is 599. The van der Waals surface area contributed by atoms with Gasteiger partial charge in [0.05, 0.1) is 6.10 Å². The van der Waals surface area contributed by atoms with Crippen molar-refractivity contribution in [2.45, 2.75) is 17.9 Å². The number of hydrogen-bond acceptors (Lipinski definition) is 4. The molecule has 0 bridgehead atoms. The van der Waals surface area contributed by atoms with Crippen molar-refractivity contribution < 1.29 is 22.3 Å². The number of sulfonamides is 1. The molecule has 1 fully saturated rings. The summed E-state index contributed by atoms with van der Waals surface area (Å²) in [6, 6.07) is 2.40. The summed E-state index contributed by atoms with van der Waals surface area (Å²) < 4.78 is 52.6. The van der Waals surface area contributed by atoms with Gasteiger partial charge in [0.15, 0.2) is 0 Å². The van der Waals surface area contributed by atoms with Crippen LogP contribution in [0.3, 0.4) is 0 Å². The Labute approximate surface area is 122 Å². The Morgan fingerprint density at radius 3 is 2.43 bits per heavy atom. The summed E-state index contributed by atoms with van der Waals surface area (Å²) in [5, 5.41) is 9.31. The Balaban J connectivity index is 2.13. The van der Waals surface area contributed by atoms with Crippen molar-refractivity contribution in [3.05, 3.63) is 29.8 Å². The summed E-state index contributed by atoms with van der Waals surface area (Å²) in [5.74, 6) is -1.74. The molecular weight excluding hydrogens is 302 g/mol. The monoisotopic (exact) mass is 320 g/mol. The third kappa shape index (κ3) is 3.76. The van der Waals surface area contributed by atoms with E-state index in [-0.39, 0.29) is 13.1 Å². The number of rotatable bonds is 4. The van der Waals surface area contributed by atoms with Gasteiger partial charge in [0, 0.05) is 32.7 Å². The highest BCUT2D eigenvalue weighted by molar-refractivity contribution is 7.89. The van der Waals surface area contributed by atoms with E-state index in [1.807, 2.05) is 4.90 Å². The highest BCUT2D eigenvalue weighted by Crippen LogP contribution is 2.21. The van der Waals surface area contributed by atoms with E-state index in [9.17, 15) is 22.3 Å². The fourth-order valence-corrected chi connectivity index (χ4v) is 3.84.